The molecule has 14 heteroatoms. The van der Waals surface area contributed by atoms with Crippen molar-refractivity contribution in [1.82, 2.24) is 5.32 Å². The number of aliphatic hydroxyl groups excluding tert-OH is 8. The molecule has 0 aromatic carbocycles. The third kappa shape index (κ3) is 55.6. The quantitative estimate of drug-likeness (QED) is 0.0204. The summed E-state index contributed by atoms with van der Waals surface area (Å²) in [5.74, 6) is -0.229. The van der Waals surface area contributed by atoms with E-state index in [1.807, 2.05) is 6.08 Å². The molecule has 0 spiro atoms. The smallest absolute Gasteiger partial charge is 0.220 e. The minimum Gasteiger partial charge on any atom is -0.394 e. The molecule has 2 fully saturated rings. The molecule has 0 bridgehead atoms. The van der Waals surface area contributed by atoms with Gasteiger partial charge in [0.25, 0.3) is 0 Å². The highest BCUT2D eigenvalue weighted by molar-refractivity contribution is 5.76. The van der Waals surface area contributed by atoms with Gasteiger partial charge in [0.2, 0.25) is 5.91 Å². The monoisotopic (exact) mass is 1470 g/mol. The van der Waals surface area contributed by atoms with E-state index in [1.54, 1.807) is 6.08 Å². The molecular formula is C90H171NO13. The molecule has 12 unspecified atom stereocenters. The molecule has 0 radical (unpaired) electrons. The van der Waals surface area contributed by atoms with Gasteiger partial charge in [0.05, 0.1) is 32.0 Å². The van der Waals surface area contributed by atoms with Gasteiger partial charge >= 0.3 is 0 Å². The first kappa shape index (κ1) is 98.3. The van der Waals surface area contributed by atoms with Crippen molar-refractivity contribution in [3.63, 3.8) is 0 Å². The van der Waals surface area contributed by atoms with Gasteiger partial charge in [-0.15, -0.1) is 0 Å². The first-order valence-electron chi connectivity index (χ1n) is 45.2. The van der Waals surface area contributed by atoms with Crippen LogP contribution >= 0.6 is 0 Å². The van der Waals surface area contributed by atoms with Gasteiger partial charge in [-0.25, -0.2) is 0 Å². The van der Waals surface area contributed by atoms with E-state index in [2.05, 4.69) is 43.5 Å². The summed E-state index contributed by atoms with van der Waals surface area (Å²) < 4.78 is 23.0. The maximum Gasteiger partial charge on any atom is 0.220 e. The second-order valence-electron chi connectivity index (χ2n) is 32.1. The lowest BCUT2D eigenvalue weighted by atomic mass is 9.97. The molecule has 0 aromatic heterocycles. The van der Waals surface area contributed by atoms with E-state index >= 15 is 0 Å². The van der Waals surface area contributed by atoms with E-state index in [4.69, 9.17) is 18.9 Å². The lowest BCUT2D eigenvalue weighted by Gasteiger charge is -2.46. The SMILES string of the molecule is CCCCCCC/C=C\C/C=C\CCCCCCCCCCCCCCCCCCCCCCCCCCCCCCCC(=O)NC(COC1OC(CO)C(OC2OC(CO)C(O)C(O)C2O)C(O)C1O)C(O)/C=C/CCCCCCCCCCCCCCCCCCCCCCCCCCCCC. The first-order valence-corrected chi connectivity index (χ1v) is 45.2. The van der Waals surface area contributed by atoms with Crippen LogP contribution < -0.4 is 5.32 Å². The average Bonchev–Trinajstić information content (AvgIpc) is 0.789. The van der Waals surface area contributed by atoms with Crippen LogP contribution in [0, 0.1) is 0 Å². The first-order chi connectivity index (χ1) is 51.1. The van der Waals surface area contributed by atoms with Gasteiger partial charge in [-0.1, -0.05) is 416 Å². The van der Waals surface area contributed by atoms with Crippen molar-refractivity contribution in [1.29, 1.82) is 0 Å². The van der Waals surface area contributed by atoms with Crippen LogP contribution in [-0.4, -0.2) is 140 Å². The normalized spacial score (nSPS) is 21.6. The van der Waals surface area contributed by atoms with Gasteiger partial charge in [-0.05, 0) is 51.4 Å². The van der Waals surface area contributed by atoms with E-state index in [-0.39, 0.29) is 18.9 Å². The van der Waals surface area contributed by atoms with E-state index in [0.29, 0.717) is 6.42 Å². The van der Waals surface area contributed by atoms with E-state index in [0.717, 1.165) is 44.9 Å². The van der Waals surface area contributed by atoms with Gasteiger partial charge < -0.3 is 65.1 Å². The Balaban J connectivity index is 1.54. The number of aliphatic hydroxyl groups is 8. The number of allylic oxidation sites excluding steroid dienone is 5. The van der Waals surface area contributed by atoms with Gasteiger partial charge in [-0.3, -0.25) is 4.79 Å². The van der Waals surface area contributed by atoms with Gasteiger partial charge in [-0.2, -0.15) is 0 Å². The van der Waals surface area contributed by atoms with Gasteiger partial charge in [0, 0.05) is 6.42 Å². The van der Waals surface area contributed by atoms with Crippen molar-refractivity contribution >= 4 is 5.91 Å². The Kier molecular flexibility index (Phi) is 69.9. The summed E-state index contributed by atoms with van der Waals surface area (Å²) in [4.78, 5) is 13.4. The van der Waals surface area contributed by atoms with E-state index in [9.17, 15) is 45.6 Å². The summed E-state index contributed by atoms with van der Waals surface area (Å²) >= 11 is 0. The van der Waals surface area contributed by atoms with Crippen molar-refractivity contribution < 1.29 is 64.6 Å². The van der Waals surface area contributed by atoms with E-state index < -0.39 is 86.8 Å². The molecule has 0 aliphatic carbocycles. The van der Waals surface area contributed by atoms with E-state index in [1.165, 1.54) is 366 Å². The molecule has 0 saturated carbocycles. The lowest BCUT2D eigenvalue weighted by molar-refractivity contribution is -0.359. The Hall–Kier alpha value is -1.79. The number of carbonyl (C=O) groups is 1. The van der Waals surface area contributed by atoms with Gasteiger partial charge in [0.1, 0.15) is 48.8 Å². The molecule has 1 amide bonds. The summed E-state index contributed by atoms with van der Waals surface area (Å²) in [5, 5.41) is 87.9. The third-order valence-corrected chi connectivity index (χ3v) is 22.3. The lowest BCUT2D eigenvalue weighted by Crippen LogP contribution is -2.65. The average molecular weight is 1480 g/mol. The molecule has 2 aliphatic rings. The summed E-state index contributed by atoms with van der Waals surface area (Å²) in [6, 6.07) is -0.915. The molecule has 2 heterocycles. The van der Waals surface area contributed by atoms with Crippen molar-refractivity contribution in [3.05, 3.63) is 36.5 Å². The fourth-order valence-electron chi connectivity index (χ4n) is 15.2. The van der Waals surface area contributed by atoms with Crippen molar-refractivity contribution in [2.75, 3.05) is 19.8 Å². The zero-order chi connectivity index (χ0) is 75.1. The Morgan fingerprint density at radius 1 is 0.346 bits per heavy atom. The highest BCUT2D eigenvalue weighted by atomic mass is 16.7. The third-order valence-electron chi connectivity index (χ3n) is 22.3. The Labute approximate surface area is 640 Å². The number of hydrogen-bond acceptors (Lipinski definition) is 13. The highest BCUT2D eigenvalue weighted by Crippen LogP contribution is 2.31. The molecule has 14 nitrogen and oxygen atoms in total. The molecule has 104 heavy (non-hydrogen) atoms. The molecular weight excluding hydrogens is 1300 g/mol. The maximum absolute atomic E-state index is 13.4. The van der Waals surface area contributed by atoms with Crippen LogP contribution in [0.15, 0.2) is 36.5 Å². The van der Waals surface area contributed by atoms with Gasteiger partial charge in [0.15, 0.2) is 12.6 Å². The van der Waals surface area contributed by atoms with Crippen LogP contribution in [0.4, 0.5) is 0 Å². The van der Waals surface area contributed by atoms with Crippen molar-refractivity contribution in [3.8, 4) is 0 Å². The molecule has 2 saturated heterocycles. The standard InChI is InChI=1S/C90H171NO13/c1-3-5-7-9-11-13-15-17-19-21-23-25-27-29-31-33-34-35-36-37-38-39-40-41-42-43-44-46-48-50-52-54-56-58-60-62-64-66-68-70-72-74-82(95)91-78(77-101-89-87(100)85(98)88(81(76-93)103-89)104-90-86(99)84(97)83(96)80(75-92)102-90)79(94)73-71-69-67-65-63-61-59-57-55-53-51-49-47-45-32-30-28-26-24-22-20-18-16-14-12-10-8-6-4-2/h15,17,21,23,71,73,78-81,83-90,92-94,96-100H,3-14,16,18-20,22,24-70,72,74-77H2,1-2H3,(H,91,95)/b17-15-,23-21-,73-71+. The zero-order valence-corrected chi connectivity index (χ0v) is 67.8. The summed E-state index contributed by atoms with van der Waals surface area (Å²) in [6.45, 7) is 2.87. The minimum absolute atomic E-state index is 0.229. The highest BCUT2D eigenvalue weighted by Gasteiger charge is 2.51. The van der Waals surface area contributed by atoms with Crippen LogP contribution in [0.3, 0.4) is 0 Å². The maximum atomic E-state index is 13.4. The van der Waals surface area contributed by atoms with Crippen LogP contribution in [0.1, 0.15) is 438 Å². The Bertz CT molecular complexity index is 1890. The molecule has 0 aromatic rings. The van der Waals surface area contributed by atoms with Crippen LogP contribution in [0.5, 0.6) is 0 Å². The summed E-state index contributed by atoms with van der Waals surface area (Å²) in [7, 11) is 0. The minimum atomic E-state index is -1.79. The Morgan fingerprint density at radius 2 is 0.635 bits per heavy atom. The molecule has 2 aliphatic heterocycles. The number of ether oxygens (including phenoxy) is 4. The van der Waals surface area contributed by atoms with Crippen molar-refractivity contribution in [2.45, 2.75) is 511 Å². The van der Waals surface area contributed by atoms with Crippen LogP contribution in [-0.2, 0) is 23.7 Å². The number of amides is 1. The molecule has 614 valence electrons. The predicted octanol–water partition coefficient (Wildman–Crippen LogP) is 21.9. The Morgan fingerprint density at radius 3 is 0.962 bits per heavy atom. The predicted molar refractivity (Wildman–Crippen MR) is 434 cm³/mol. The van der Waals surface area contributed by atoms with Crippen LogP contribution in [0.25, 0.3) is 0 Å². The topological polar surface area (TPSA) is 228 Å². The number of rotatable bonds is 78. The fraction of sp³-hybridized carbons (Fsp3) is 0.922. The number of hydrogen-bond donors (Lipinski definition) is 9. The second kappa shape index (κ2) is 74.0. The number of carbonyl (C=O) groups excluding carboxylic acids is 1. The fourth-order valence-corrected chi connectivity index (χ4v) is 15.2. The molecule has 2 rings (SSSR count). The van der Waals surface area contributed by atoms with Crippen LogP contribution in [0.2, 0.25) is 0 Å². The molecule has 9 N–H and O–H groups in total. The number of nitrogens with one attached hydrogen (secondary N) is 1. The zero-order valence-electron chi connectivity index (χ0n) is 67.8. The van der Waals surface area contributed by atoms with Crippen molar-refractivity contribution in [2.24, 2.45) is 0 Å². The summed E-state index contributed by atoms with van der Waals surface area (Å²) in [6.07, 6.45) is 82.7. The molecule has 12 atom stereocenters. The number of unbranched alkanes of at least 4 members (excludes halogenated alkanes) is 61. The summed E-state index contributed by atoms with van der Waals surface area (Å²) in [5.41, 5.74) is 0. The largest absolute Gasteiger partial charge is 0.394 e. The second-order valence-corrected chi connectivity index (χ2v) is 32.1.